The van der Waals surface area contributed by atoms with E-state index >= 15 is 0 Å². The molecule has 0 unspecified atom stereocenters. The molecular formula is C19H20ClN5O3. The lowest BCUT2D eigenvalue weighted by atomic mass is 10.2. The Morgan fingerprint density at radius 3 is 2.57 bits per heavy atom. The molecule has 0 amide bonds. The van der Waals surface area contributed by atoms with Crippen molar-refractivity contribution >= 4 is 28.5 Å². The molecule has 3 heterocycles. The first kappa shape index (κ1) is 18.5. The van der Waals surface area contributed by atoms with E-state index in [2.05, 4.69) is 4.98 Å². The molecule has 1 N–H and O–H groups in total. The fraction of sp³-hybridized carbons (Fsp3) is 0.316. The van der Waals surface area contributed by atoms with Crippen molar-refractivity contribution in [3.63, 3.8) is 0 Å². The van der Waals surface area contributed by atoms with Crippen molar-refractivity contribution in [1.82, 2.24) is 23.1 Å². The maximum absolute atomic E-state index is 13.3. The Kier molecular flexibility index (Phi) is 4.40. The van der Waals surface area contributed by atoms with Gasteiger partial charge in [0, 0.05) is 30.0 Å². The highest BCUT2D eigenvalue weighted by Crippen LogP contribution is 2.20. The van der Waals surface area contributed by atoms with E-state index in [4.69, 9.17) is 11.6 Å². The first-order chi connectivity index (χ1) is 13.3. The average molecular weight is 402 g/mol. The summed E-state index contributed by atoms with van der Waals surface area (Å²) >= 11 is 6.04. The molecule has 1 aromatic carbocycles. The van der Waals surface area contributed by atoms with E-state index in [0.29, 0.717) is 28.5 Å². The largest absolute Gasteiger partial charge is 0.395 e. The second-order valence-corrected chi connectivity index (χ2v) is 7.26. The molecule has 0 aliphatic carbocycles. The lowest BCUT2D eigenvalue weighted by molar-refractivity contribution is 0.276. The number of aromatic nitrogens is 5. The highest BCUT2D eigenvalue weighted by atomic mass is 35.5. The minimum atomic E-state index is -0.443. The van der Waals surface area contributed by atoms with Crippen LogP contribution in [-0.4, -0.2) is 34.8 Å². The highest BCUT2D eigenvalue weighted by Gasteiger charge is 2.22. The van der Waals surface area contributed by atoms with Crippen LogP contribution in [0.2, 0.25) is 5.02 Å². The molecular weight excluding hydrogens is 382 g/mol. The molecule has 28 heavy (non-hydrogen) atoms. The number of aliphatic hydroxyl groups is 1. The zero-order valence-corrected chi connectivity index (χ0v) is 16.6. The van der Waals surface area contributed by atoms with E-state index in [1.165, 1.54) is 9.13 Å². The second kappa shape index (κ2) is 6.65. The molecule has 146 valence electrons. The Morgan fingerprint density at radius 2 is 1.89 bits per heavy atom. The minimum absolute atomic E-state index is 0.0498. The fourth-order valence-corrected chi connectivity index (χ4v) is 3.85. The molecule has 4 aromatic rings. The number of halogens is 1. The third-order valence-electron chi connectivity index (χ3n) is 5.18. The maximum Gasteiger partial charge on any atom is 0.332 e. The van der Waals surface area contributed by atoms with Gasteiger partial charge in [-0.15, -0.1) is 0 Å². The third kappa shape index (κ3) is 2.60. The van der Waals surface area contributed by atoms with Gasteiger partial charge in [0.2, 0.25) is 5.78 Å². The highest BCUT2D eigenvalue weighted by molar-refractivity contribution is 6.30. The summed E-state index contributed by atoms with van der Waals surface area (Å²) in [6, 6.07) is 7.08. The number of hydrogen-bond donors (Lipinski definition) is 1. The van der Waals surface area contributed by atoms with Gasteiger partial charge in [0.05, 0.1) is 13.2 Å². The van der Waals surface area contributed by atoms with Crippen molar-refractivity contribution in [2.45, 2.75) is 26.9 Å². The van der Waals surface area contributed by atoms with Gasteiger partial charge in [0.1, 0.15) is 0 Å². The van der Waals surface area contributed by atoms with Gasteiger partial charge in [0.25, 0.3) is 5.56 Å². The van der Waals surface area contributed by atoms with E-state index in [9.17, 15) is 14.7 Å². The van der Waals surface area contributed by atoms with Gasteiger partial charge in [0.15, 0.2) is 11.2 Å². The number of aryl methyl sites for hydroxylation is 2. The predicted molar refractivity (Wildman–Crippen MR) is 107 cm³/mol. The summed E-state index contributed by atoms with van der Waals surface area (Å²) in [5, 5.41) is 9.93. The number of hydrogen-bond acceptors (Lipinski definition) is 4. The number of benzene rings is 1. The van der Waals surface area contributed by atoms with Crippen molar-refractivity contribution in [2.24, 2.45) is 7.05 Å². The molecule has 4 rings (SSSR count). The van der Waals surface area contributed by atoms with E-state index in [0.717, 1.165) is 17.0 Å². The number of aliphatic hydroxyl groups excluding tert-OH is 1. The fourth-order valence-electron chi connectivity index (χ4n) is 3.64. The summed E-state index contributed by atoms with van der Waals surface area (Å²) in [4.78, 5) is 30.7. The van der Waals surface area contributed by atoms with E-state index in [-0.39, 0.29) is 13.2 Å². The molecule has 0 bridgehead atoms. The Morgan fingerprint density at radius 1 is 1.14 bits per heavy atom. The van der Waals surface area contributed by atoms with Crippen LogP contribution in [0.25, 0.3) is 16.9 Å². The molecule has 3 aromatic heterocycles. The number of rotatable bonds is 4. The van der Waals surface area contributed by atoms with Gasteiger partial charge in [-0.1, -0.05) is 23.7 Å². The maximum atomic E-state index is 13.3. The summed E-state index contributed by atoms with van der Waals surface area (Å²) < 4.78 is 6.18. The standard InChI is InChI=1S/C19H20ClN5O3/c1-11-12(2)25-15-16(21-18(25)23(11)7-8-26)22(3)19(28)24(17(15)27)10-13-5-4-6-14(20)9-13/h4-6,9,26H,7-8,10H2,1-3H3. The normalized spacial score (nSPS) is 11.8. The minimum Gasteiger partial charge on any atom is -0.395 e. The third-order valence-corrected chi connectivity index (χ3v) is 5.42. The predicted octanol–water partition coefficient (Wildman–Crippen LogP) is 1.46. The molecule has 0 saturated heterocycles. The van der Waals surface area contributed by atoms with E-state index < -0.39 is 11.2 Å². The monoisotopic (exact) mass is 401 g/mol. The van der Waals surface area contributed by atoms with Crippen LogP contribution >= 0.6 is 11.6 Å². The molecule has 0 radical (unpaired) electrons. The molecule has 0 spiro atoms. The van der Waals surface area contributed by atoms with Crippen molar-refractivity contribution in [3.05, 3.63) is 67.1 Å². The summed E-state index contributed by atoms with van der Waals surface area (Å²) in [5.74, 6) is 0.534. The molecule has 9 heteroatoms. The van der Waals surface area contributed by atoms with Crippen LogP contribution in [-0.2, 0) is 20.1 Å². The van der Waals surface area contributed by atoms with E-state index in [1.54, 1.807) is 29.6 Å². The van der Waals surface area contributed by atoms with Crippen LogP contribution in [0.15, 0.2) is 33.9 Å². The second-order valence-electron chi connectivity index (χ2n) is 6.83. The Balaban J connectivity index is 2.06. The molecule has 0 saturated carbocycles. The molecule has 0 atom stereocenters. The first-order valence-electron chi connectivity index (χ1n) is 8.88. The van der Waals surface area contributed by atoms with Crippen LogP contribution in [0.5, 0.6) is 0 Å². The van der Waals surface area contributed by atoms with E-state index in [1.807, 2.05) is 24.5 Å². The van der Waals surface area contributed by atoms with Crippen molar-refractivity contribution in [3.8, 4) is 0 Å². The van der Waals surface area contributed by atoms with Crippen molar-refractivity contribution in [2.75, 3.05) is 6.61 Å². The Labute approximate surface area is 164 Å². The summed E-state index contributed by atoms with van der Waals surface area (Å²) in [6.07, 6.45) is 0. The topological polar surface area (TPSA) is 86.5 Å². The molecule has 8 nitrogen and oxygen atoms in total. The molecule has 0 aliphatic heterocycles. The van der Waals surface area contributed by atoms with Gasteiger partial charge in [-0.3, -0.25) is 18.3 Å². The zero-order chi connectivity index (χ0) is 20.2. The van der Waals surface area contributed by atoms with Gasteiger partial charge >= 0.3 is 5.69 Å². The van der Waals surface area contributed by atoms with Crippen molar-refractivity contribution in [1.29, 1.82) is 0 Å². The summed E-state index contributed by atoms with van der Waals surface area (Å²) in [5.41, 5.74) is 2.33. The van der Waals surface area contributed by atoms with Crippen LogP contribution in [0, 0.1) is 13.8 Å². The molecule has 0 fully saturated rings. The first-order valence-corrected chi connectivity index (χ1v) is 9.26. The zero-order valence-electron chi connectivity index (χ0n) is 15.8. The van der Waals surface area contributed by atoms with Gasteiger partial charge in [-0.2, -0.15) is 4.98 Å². The summed E-state index contributed by atoms with van der Waals surface area (Å²) in [7, 11) is 1.60. The number of fused-ring (bicyclic) bond motifs is 3. The van der Waals surface area contributed by atoms with Crippen LogP contribution in [0.4, 0.5) is 0 Å². The smallest absolute Gasteiger partial charge is 0.332 e. The Bertz CT molecular complexity index is 1340. The summed E-state index contributed by atoms with van der Waals surface area (Å²) in [6.45, 7) is 4.23. The van der Waals surface area contributed by atoms with Gasteiger partial charge in [-0.25, -0.2) is 4.79 Å². The number of nitrogens with zero attached hydrogens (tertiary/aromatic N) is 5. The van der Waals surface area contributed by atoms with Crippen LogP contribution in [0.1, 0.15) is 17.0 Å². The molecule has 0 aliphatic rings. The van der Waals surface area contributed by atoms with Crippen molar-refractivity contribution < 1.29 is 5.11 Å². The van der Waals surface area contributed by atoms with Crippen LogP contribution in [0.3, 0.4) is 0 Å². The SMILES string of the molecule is Cc1c(C)n2c3c(=O)n(Cc4cccc(Cl)c4)c(=O)n(C)c3nc2n1CCO. The lowest BCUT2D eigenvalue weighted by Gasteiger charge is -2.09. The van der Waals surface area contributed by atoms with Crippen LogP contribution < -0.4 is 11.2 Å². The number of imidazole rings is 2. The average Bonchev–Trinajstić information content (AvgIpc) is 3.16. The quantitative estimate of drug-likeness (QED) is 0.561. The van der Waals surface area contributed by atoms with Gasteiger partial charge in [-0.05, 0) is 31.5 Å². The van der Waals surface area contributed by atoms with Gasteiger partial charge < -0.3 is 9.67 Å². The Hall–Kier alpha value is -2.84. The lowest BCUT2D eigenvalue weighted by Crippen LogP contribution is -2.39.